The van der Waals surface area contributed by atoms with Crippen LogP contribution in [0.15, 0.2) is 48.5 Å². The molecule has 0 aliphatic heterocycles. The van der Waals surface area contributed by atoms with Crippen LogP contribution in [0.3, 0.4) is 0 Å². The Morgan fingerprint density at radius 3 is 2.64 bits per heavy atom. The molecule has 1 saturated carbocycles. The van der Waals surface area contributed by atoms with Gasteiger partial charge in [0.1, 0.15) is 0 Å². The number of aryl methyl sites for hydroxylation is 1. The summed E-state index contributed by atoms with van der Waals surface area (Å²) >= 11 is 0. The summed E-state index contributed by atoms with van der Waals surface area (Å²) in [6, 6.07) is 16.0. The van der Waals surface area contributed by atoms with Crippen LogP contribution in [0, 0.1) is 6.92 Å². The third-order valence-corrected chi connectivity index (χ3v) is 4.42. The lowest BCUT2D eigenvalue weighted by Crippen LogP contribution is -2.14. The van der Waals surface area contributed by atoms with Gasteiger partial charge in [-0.05, 0) is 65.6 Å². The molecule has 0 radical (unpaired) electrons. The number of rotatable bonds is 5. The molecular formula is C19H19N5O. The average molecular weight is 333 g/mol. The molecule has 1 amide bonds. The Balaban J connectivity index is 1.44. The van der Waals surface area contributed by atoms with Crippen LogP contribution in [-0.2, 0) is 11.2 Å². The van der Waals surface area contributed by atoms with Gasteiger partial charge in [0.05, 0.1) is 12.5 Å². The molecule has 1 aliphatic carbocycles. The van der Waals surface area contributed by atoms with Crippen LogP contribution >= 0.6 is 0 Å². The standard InChI is InChI=1S/C19H19N5O/c1-13-4-2-3-5-15(13)12-18(25)20-16-8-6-14(7-9-16)19-21-22-23-24(19)17-10-11-17/h2-9,17H,10-12H2,1H3,(H,20,25). The molecule has 4 rings (SSSR count). The summed E-state index contributed by atoms with van der Waals surface area (Å²) in [4.78, 5) is 12.3. The molecule has 0 spiro atoms. The van der Waals surface area contributed by atoms with Crippen LogP contribution in [-0.4, -0.2) is 26.1 Å². The third kappa shape index (κ3) is 3.42. The summed E-state index contributed by atoms with van der Waals surface area (Å²) < 4.78 is 1.88. The lowest BCUT2D eigenvalue weighted by atomic mass is 10.1. The van der Waals surface area contributed by atoms with E-state index in [4.69, 9.17) is 0 Å². The Morgan fingerprint density at radius 1 is 1.16 bits per heavy atom. The van der Waals surface area contributed by atoms with Gasteiger partial charge in [0.2, 0.25) is 5.91 Å². The Labute approximate surface area is 145 Å². The summed E-state index contributed by atoms with van der Waals surface area (Å²) in [6.07, 6.45) is 2.63. The van der Waals surface area contributed by atoms with Crippen LogP contribution in [0.25, 0.3) is 11.4 Å². The van der Waals surface area contributed by atoms with Gasteiger partial charge in [0, 0.05) is 11.3 Å². The molecule has 25 heavy (non-hydrogen) atoms. The van der Waals surface area contributed by atoms with E-state index >= 15 is 0 Å². The molecule has 1 N–H and O–H groups in total. The van der Waals surface area contributed by atoms with Crippen molar-refractivity contribution in [2.24, 2.45) is 0 Å². The fraction of sp³-hybridized carbons (Fsp3) is 0.263. The molecule has 0 atom stereocenters. The number of amides is 1. The average Bonchev–Trinajstić information content (AvgIpc) is 3.35. The lowest BCUT2D eigenvalue weighted by molar-refractivity contribution is -0.115. The second kappa shape index (κ2) is 6.47. The smallest absolute Gasteiger partial charge is 0.228 e. The lowest BCUT2D eigenvalue weighted by Gasteiger charge is -2.08. The number of nitrogens with one attached hydrogen (secondary N) is 1. The van der Waals surface area contributed by atoms with Gasteiger partial charge in [-0.2, -0.15) is 0 Å². The van der Waals surface area contributed by atoms with Gasteiger partial charge in [-0.3, -0.25) is 4.79 Å². The van der Waals surface area contributed by atoms with Crippen LogP contribution in [0.4, 0.5) is 5.69 Å². The molecule has 2 aromatic carbocycles. The van der Waals surface area contributed by atoms with Crippen LogP contribution in [0.5, 0.6) is 0 Å². The molecule has 0 bridgehead atoms. The van der Waals surface area contributed by atoms with Crippen molar-refractivity contribution in [1.29, 1.82) is 0 Å². The Morgan fingerprint density at radius 2 is 1.92 bits per heavy atom. The van der Waals surface area contributed by atoms with Crippen molar-refractivity contribution in [3.05, 3.63) is 59.7 Å². The van der Waals surface area contributed by atoms with E-state index in [0.29, 0.717) is 12.5 Å². The second-order valence-electron chi connectivity index (χ2n) is 6.41. The van der Waals surface area contributed by atoms with Gasteiger partial charge < -0.3 is 5.32 Å². The van der Waals surface area contributed by atoms with Gasteiger partial charge in [0.15, 0.2) is 5.82 Å². The first-order valence-electron chi connectivity index (χ1n) is 8.43. The zero-order chi connectivity index (χ0) is 17.2. The molecule has 6 nitrogen and oxygen atoms in total. The first-order valence-corrected chi connectivity index (χ1v) is 8.43. The van der Waals surface area contributed by atoms with Crippen LogP contribution < -0.4 is 5.32 Å². The summed E-state index contributed by atoms with van der Waals surface area (Å²) in [5, 5.41) is 14.9. The zero-order valence-electron chi connectivity index (χ0n) is 14.0. The van der Waals surface area contributed by atoms with Crippen molar-refractivity contribution >= 4 is 11.6 Å². The van der Waals surface area contributed by atoms with Gasteiger partial charge in [-0.15, -0.1) is 5.10 Å². The first kappa shape index (κ1) is 15.5. The van der Waals surface area contributed by atoms with Gasteiger partial charge in [0.25, 0.3) is 0 Å². The largest absolute Gasteiger partial charge is 0.326 e. The molecule has 6 heteroatoms. The summed E-state index contributed by atoms with van der Waals surface area (Å²) in [5.74, 6) is 0.755. The molecular weight excluding hydrogens is 314 g/mol. The number of hydrogen-bond acceptors (Lipinski definition) is 4. The minimum absolute atomic E-state index is 0.0233. The fourth-order valence-electron chi connectivity index (χ4n) is 2.84. The summed E-state index contributed by atoms with van der Waals surface area (Å²) in [7, 11) is 0. The van der Waals surface area contributed by atoms with Crippen molar-refractivity contribution in [3.8, 4) is 11.4 Å². The predicted molar refractivity (Wildman–Crippen MR) is 95.0 cm³/mol. The molecule has 1 aliphatic rings. The van der Waals surface area contributed by atoms with E-state index < -0.39 is 0 Å². The topological polar surface area (TPSA) is 72.7 Å². The summed E-state index contributed by atoms with van der Waals surface area (Å²) in [6.45, 7) is 2.02. The molecule has 1 aromatic heterocycles. The van der Waals surface area contributed by atoms with Crippen molar-refractivity contribution in [3.63, 3.8) is 0 Å². The van der Waals surface area contributed by atoms with E-state index in [1.54, 1.807) is 0 Å². The quantitative estimate of drug-likeness (QED) is 0.778. The second-order valence-corrected chi connectivity index (χ2v) is 6.41. The van der Waals surface area contributed by atoms with Crippen molar-refractivity contribution in [1.82, 2.24) is 20.2 Å². The molecule has 1 fully saturated rings. The predicted octanol–water partition coefficient (Wildman–Crippen LogP) is 3.16. The highest BCUT2D eigenvalue weighted by Gasteiger charge is 2.28. The maximum absolute atomic E-state index is 12.3. The minimum atomic E-state index is -0.0233. The van der Waals surface area contributed by atoms with Gasteiger partial charge in [-0.1, -0.05) is 24.3 Å². The van der Waals surface area contributed by atoms with Crippen LogP contribution in [0.2, 0.25) is 0 Å². The number of aromatic nitrogens is 4. The highest BCUT2D eigenvalue weighted by molar-refractivity contribution is 5.92. The van der Waals surface area contributed by atoms with E-state index in [1.807, 2.05) is 60.1 Å². The van der Waals surface area contributed by atoms with Gasteiger partial charge >= 0.3 is 0 Å². The Bertz CT molecular complexity index is 896. The third-order valence-electron chi connectivity index (χ3n) is 4.42. The molecule has 0 unspecified atom stereocenters. The van der Waals surface area contributed by atoms with E-state index in [9.17, 15) is 4.79 Å². The maximum Gasteiger partial charge on any atom is 0.228 e. The van der Waals surface area contributed by atoms with Crippen molar-refractivity contribution in [2.75, 3.05) is 5.32 Å². The number of benzene rings is 2. The first-order chi connectivity index (χ1) is 12.2. The number of carbonyl (C=O) groups is 1. The maximum atomic E-state index is 12.3. The molecule has 126 valence electrons. The fourth-order valence-corrected chi connectivity index (χ4v) is 2.84. The van der Waals surface area contributed by atoms with E-state index in [2.05, 4.69) is 20.8 Å². The zero-order valence-corrected chi connectivity index (χ0v) is 14.0. The Hall–Kier alpha value is -3.02. The van der Waals surface area contributed by atoms with E-state index in [0.717, 1.165) is 41.0 Å². The highest BCUT2D eigenvalue weighted by atomic mass is 16.1. The highest BCUT2D eigenvalue weighted by Crippen LogP contribution is 2.36. The molecule has 1 heterocycles. The van der Waals surface area contributed by atoms with Crippen molar-refractivity contribution in [2.45, 2.75) is 32.2 Å². The number of tetrazole rings is 1. The number of anilines is 1. The summed E-state index contributed by atoms with van der Waals surface area (Å²) in [5.41, 5.74) is 3.89. The minimum Gasteiger partial charge on any atom is -0.326 e. The van der Waals surface area contributed by atoms with E-state index in [-0.39, 0.29) is 5.91 Å². The van der Waals surface area contributed by atoms with E-state index in [1.165, 1.54) is 0 Å². The van der Waals surface area contributed by atoms with Gasteiger partial charge in [-0.25, -0.2) is 4.68 Å². The Kier molecular flexibility index (Phi) is 4.01. The normalized spacial score (nSPS) is 13.6. The molecule has 0 saturated heterocycles. The SMILES string of the molecule is Cc1ccccc1CC(=O)Nc1ccc(-c2nnnn2C2CC2)cc1. The number of hydrogen-bond donors (Lipinski definition) is 1. The monoisotopic (exact) mass is 333 g/mol. The number of nitrogens with zero attached hydrogens (tertiary/aromatic N) is 4. The number of carbonyl (C=O) groups excluding carboxylic acids is 1. The molecule has 3 aromatic rings. The van der Waals surface area contributed by atoms with Crippen molar-refractivity contribution < 1.29 is 4.79 Å². The van der Waals surface area contributed by atoms with Crippen LogP contribution in [0.1, 0.15) is 30.0 Å².